The van der Waals surface area contributed by atoms with E-state index >= 15 is 0 Å². The molecule has 1 aliphatic heterocycles. The minimum absolute atomic E-state index is 0.857. The second kappa shape index (κ2) is 14.5. The largest absolute Gasteiger partial charge is 0.379 e. The monoisotopic (exact) mass is 281 g/mol. The van der Waals surface area contributed by atoms with Crippen LogP contribution in [0.1, 0.15) is 6.42 Å². The first-order valence-corrected chi connectivity index (χ1v) is 7.31. The molecule has 0 amide bonds. The molecule has 0 unspecified atom stereocenters. The molecular formula is C16H31N3O. The fourth-order valence-corrected chi connectivity index (χ4v) is 1.86. The molecule has 1 rings (SSSR count). The fraction of sp³-hybridized carbons (Fsp3) is 0.625. The van der Waals surface area contributed by atoms with Gasteiger partial charge in [-0.15, -0.1) is 0 Å². The van der Waals surface area contributed by atoms with Gasteiger partial charge in [-0.1, -0.05) is 31.4 Å². The van der Waals surface area contributed by atoms with E-state index in [1.54, 1.807) is 6.08 Å². The van der Waals surface area contributed by atoms with E-state index in [9.17, 15) is 0 Å². The lowest BCUT2D eigenvalue weighted by Gasteiger charge is -2.26. The van der Waals surface area contributed by atoms with Gasteiger partial charge in [0.05, 0.1) is 13.2 Å². The lowest BCUT2D eigenvalue weighted by molar-refractivity contribution is 0.0375. The number of nitrogens with one attached hydrogen (secondary N) is 2. The molecule has 1 heterocycles. The van der Waals surface area contributed by atoms with Gasteiger partial charge in [-0.3, -0.25) is 4.90 Å². The summed E-state index contributed by atoms with van der Waals surface area (Å²) in [5.74, 6) is 0. The van der Waals surface area contributed by atoms with Crippen molar-refractivity contribution in [1.82, 2.24) is 15.5 Å². The summed E-state index contributed by atoms with van der Waals surface area (Å²) in [7, 11) is 3.90. The molecular weight excluding hydrogens is 250 g/mol. The lowest BCUT2D eigenvalue weighted by Crippen LogP contribution is -2.37. The number of hydrogen-bond donors (Lipinski definition) is 2. The lowest BCUT2D eigenvalue weighted by atomic mass is 10.2. The molecule has 1 saturated heterocycles. The quantitative estimate of drug-likeness (QED) is 0.521. The summed E-state index contributed by atoms with van der Waals surface area (Å²) in [4.78, 5) is 2.46. The van der Waals surface area contributed by atoms with Crippen LogP contribution >= 0.6 is 0 Å². The molecule has 20 heavy (non-hydrogen) atoms. The predicted molar refractivity (Wildman–Crippen MR) is 88.2 cm³/mol. The van der Waals surface area contributed by atoms with Gasteiger partial charge in [0.25, 0.3) is 0 Å². The highest BCUT2D eigenvalue weighted by atomic mass is 16.5. The van der Waals surface area contributed by atoms with Gasteiger partial charge in [0.2, 0.25) is 0 Å². The van der Waals surface area contributed by atoms with Crippen molar-refractivity contribution in [2.45, 2.75) is 6.42 Å². The summed E-state index contributed by atoms with van der Waals surface area (Å²) in [6, 6.07) is 0. The average molecular weight is 281 g/mol. The smallest absolute Gasteiger partial charge is 0.0594 e. The van der Waals surface area contributed by atoms with Crippen LogP contribution in [-0.2, 0) is 4.74 Å². The zero-order valence-corrected chi connectivity index (χ0v) is 13.2. The Kier molecular flexibility index (Phi) is 13.8. The van der Waals surface area contributed by atoms with E-state index in [0.717, 1.165) is 45.0 Å². The molecule has 1 fully saturated rings. The first kappa shape index (κ1) is 19.1. The molecule has 0 spiro atoms. The molecule has 0 bridgehead atoms. The molecule has 0 aromatic carbocycles. The van der Waals surface area contributed by atoms with Crippen molar-refractivity contribution in [2.24, 2.45) is 0 Å². The van der Waals surface area contributed by atoms with Crippen LogP contribution < -0.4 is 10.6 Å². The van der Waals surface area contributed by atoms with E-state index in [4.69, 9.17) is 4.74 Å². The van der Waals surface area contributed by atoms with Crippen molar-refractivity contribution in [1.29, 1.82) is 0 Å². The van der Waals surface area contributed by atoms with Crippen LogP contribution in [0.3, 0.4) is 0 Å². The molecule has 0 aromatic rings. The van der Waals surface area contributed by atoms with E-state index in [1.165, 1.54) is 13.0 Å². The second-order valence-electron chi connectivity index (χ2n) is 4.62. The summed E-state index contributed by atoms with van der Waals surface area (Å²) in [6.07, 6.45) is 6.76. The Labute approximate surface area is 124 Å². The highest BCUT2D eigenvalue weighted by Gasteiger charge is 2.08. The van der Waals surface area contributed by atoms with E-state index in [2.05, 4.69) is 28.7 Å². The molecule has 0 atom stereocenters. The number of nitrogens with zero attached hydrogens (tertiary/aromatic N) is 1. The van der Waals surface area contributed by atoms with E-state index in [1.807, 2.05) is 26.2 Å². The Morgan fingerprint density at radius 3 is 2.40 bits per heavy atom. The number of hydrogen-bond acceptors (Lipinski definition) is 4. The molecule has 1 aliphatic rings. The summed E-state index contributed by atoms with van der Waals surface area (Å²) >= 11 is 0. The van der Waals surface area contributed by atoms with E-state index in [-0.39, 0.29) is 0 Å². The summed E-state index contributed by atoms with van der Waals surface area (Å²) in [5.41, 5.74) is 1.16. The average Bonchev–Trinajstić information content (AvgIpc) is 2.49. The molecule has 0 aromatic heterocycles. The summed E-state index contributed by atoms with van der Waals surface area (Å²) in [6.45, 7) is 14.5. The van der Waals surface area contributed by atoms with E-state index < -0.39 is 0 Å². The van der Waals surface area contributed by atoms with Crippen LogP contribution in [0.25, 0.3) is 0 Å². The molecule has 116 valence electrons. The molecule has 2 N–H and O–H groups in total. The van der Waals surface area contributed by atoms with Crippen molar-refractivity contribution < 1.29 is 4.74 Å². The van der Waals surface area contributed by atoms with Crippen LogP contribution in [0.4, 0.5) is 0 Å². The number of ether oxygens (including phenoxy) is 1. The Morgan fingerprint density at radius 2 is 1.90 bits per heavy atom. The zero-order chi connectivity index (χ0) is 15.1. The van der Waals surface area contributed by atoms with Gasteiger partial charge in [0.15, 0.2) is 0 Å². The SMILES string of the molecule is C=C/C=C(\C=C)CNC.CNCCCN1CCOCC1. The fourth-order valence-electron chi connectivity index (χ4n) is 1.86. The van der Waals surface area contributed by atoms with Crippen LogP contribution in [0.2, 0.25) is 0 Å². The first-order chi connectivity index (χ1) is 9.78. The molecule has 4 nitrogen and oxygen atoms in total. The van der Waals surface area contributed by atoms with Crippen molar-refractivity contribution in [3.8, 4) is 0 Å². The normalized spacial score (nSPS) is 16.2. The Bertz CT molecular complexity index is 271. The number of allylic oxidation sites excluding steroid dienone is 2. The molecule has 4 heteroatoms. The topological polar surface area (TPSA) is 36.5 Å². The summed E-state index contributed by atoms with van der Waals surface area (Å²) < 4.78 is 5.25. The van der Waals surface area contributed by atoms with Crippen molar-refractivity contribution >= 4 is 0 Å². The Morgan fingerprint density at radius 1 is 1.20 bits per heavy atom. The van der Waals surface area contributed by atoms with Crippen molar-refractivity contribution in [3.05, 3.63) is 37.0 Å². The molecule has 0 saturated carbocycles. The van der Waals surface area contributed by atoms with Crippen LogP contribution in [-0.4, -0.2) is 64.9 Å². The van der Waals surface area contributed by atoms with Gasteiger partial charge in [0, 0.05) is 19.6 Å². The van der Waals surface area contributed by atoms with Crippen molar-refractivity contribution in [2.75, 3.05) is 60.0 Å². The molecule has 0 radical (unpaired) electrons. The molecule has 0 aliphatic carbocycles. The van der Waals surface area contributed by atoms with Gasteiger partial charge in [-0.05, 0) is 39.2 Å². The van der Waals surface area contributed by atoms with Gasteiger partial charge >= 0.3 is 0 Å². The first-order valence-electron chi connectivity index (χ1n) is 7.31. The van der Waals surface area contributed by atoms with Gasteiger partial charge in [-0.25, -0.2) is 0 Å². The van der Waals surface area contributed by atoms with Crippen LogP contribution in [0.15, 0.2) is 37.0 Å². The summed E-state index contributed by atoms with van der Waals surface area (Å²) in [5, 5.41) is 6.17. The maximum Gasteiger partial charge on any atom is 0.0594 e. The highest BCUT2D eigenvalue weighted by molar-refractivity contribution is 5.22. The maximum absolute atomic E-state index is 5.25. The van der Waals surface area contributed by atoms with Gasteiger partial charge in [-0.2, -0.15) is 0 Å². The third-order valence-corrected chi connectivity index (χ3v) is 2.98. The Hall–Kier alpha value is -0.940. The zero-order valence-electron chi connectivity index (χ0n) is 13.2. The maximum atomic E-state index is 5.25. The number of rotatable bonds is 8. The van der Waals surface area contributed by atoms with Gasteiger partial charge < -0.3 is 15.4 Å². The minimum Gasteiger partial charge on any atom is -0.379 e. The van der Waals surface area contributed by atoms with E-state index in [0.29, 0.717) is 0 Å². The van der Waals surface area contributed by atoms with Gasteiger partial charge in [0.1, 0.15) is 0 Å². The second-order valence-corrected chi connectivity index (χ2v) is 4.62. The third kappa shape index (κ3) is 10.9. The minimum atomic E-state index is 0.857. The third-order valence-electron chi connectivity index (χ3n) is 2.98. The van der Waals surface area contributed by atoms with Crippen molar-refractivity contribution in [3.63, 3.8) is 0 Å². The standard InChI is InChI=1S/C8H18N2O.C8H13N/c1-9-3-2-4-10-5-7-11-8-6-10;1-4-6-8(5-2)7-9-3/h9H,2-8H2,1H3;4-6,9H,1-2,7H2,3H3/b;8-6+. The predicted octanol–water partition coefficient (Wildman–Crippen LogP) is 1.43. The van der Waals surface area contributed by atoms with Crippen LogP contribution in [0.5, 0.6) is 0 Å². The highest BCUT2D eigenvalue weighted by Crippen LogP contribution is 1.96. The number of likely N-dealkylation sites (N-methyl/N-ethyl adjacent to an activating group) is 1. The Balaban J connectivity index is 0.000000370. The van der Waals surface area contributed by atoms with Crippen LogP contribution in [0, 0.1) is 0 Å². The number of morpholine rings is 1.